The van der Waals surface area contributed by atoms with Gasteiger partial charge in [0.05, 0.1) is 12.6 Å². The molecule has 2 aromatic carbocycles. The number of aromatic nitrogens is 2. The lowest BCUT2D eigenvalue weighted by Gasteiger charge is -2.36. The molecule has 1 aliphatic carbocycles. The normalized spacial score (nSPS) is 15.9. The van der Waals surface area contributed by atoms with Crippen molar-refractivity contribution in [2.45, 2.75) is 51.4 Å². The summed E-state index contributed by atoms with van der Waals surface area (Å²) in [4.78, 5) is 37.2. The largest absolute Gasteiger partial charge is 0.496 e. The number of fused-ring (bicyclic) bond motifs is 1. The maximum Gasteiger partial charge on any atom is 0.227 e. The number of hydrogen-bond donors (Lipinski definition) is 2. The highest BCUT2D eigenvalue weighted by molar-refractivity contribution is 5.85. The van der Waals surface area contributed by atoms with Crippen LogP contribution in [0.15, 0.2) is 42.6 Å². The zero-order valence-electron chi connectivity index (χ0n) is 22.9. The molecule has 5 rings (SSSR count). The first-order valence-corrected chi connectivity index (χ1v) is 14.0. The van der Waals surface area contributed by atoms with Crippen molar-refractivity contribution in [2.24, 2.45) is 0 Å². The summed E-state index contributed by atoms with van der Waals surface area (Å²) in [5, 5.41) is 7.15. The van der Waals surface area contributed by atoms with E-state index in [-0.39, 0.29) is 11.8 Å². The van der Waals surface area contributed by atoms with Gasteiger partial charge >= 0.3 is 0 Å². The topological polar surface area (TPSA) is 99.7 Å². The Bertz CT molecular complexity index is 1300. The van der Waals surface area contributed by atoms with Crippen LogP contribution in [-0.2, 0) is 9.59 Å². The van der Waals surface area contributed by atoms with Gasteiger partial charge in [0, 0.05) is 74.6 Å². The second-order valence-corrected chi connectivity index (χ2v) is 10.4. The number of rotatable bonds is 9. The average Bonchev–Trinajstić information content (AvgIpc) is 3.49. The van der Waals surface area contributed by atoms with Crippen molar-refractivity contribution in [3.63, 3.8) is 0 Å². The zero-order valence-corrected chi connectivity index (χ0v) is 22.9. The summed E-state index contributed by atoms with van der Waals surface area (Å²) in [5.41, 5.74) is 4.24. The fourth-order valence-corrected chi connectivity index (χ4v) is 5.71. The van der Waals surface area contributed by atoms with E-state index in [4.69, 9.17) is 9.72 Å². The van der Waals surface area contributed by atoms with Gasteiger partial charge in [-0.05, 0) is 61.6 Å². The third-order valence-corrected chi connectivity index (χ3v) is 7.80. The lowest BCUT2D eigenvalue weighted by atomic mass is 9.94. The summed E-state index contributed by atoms with van der Waals surface area (Å²) in [6.45, 7) is 5.04. The molecule has 0 spiro atoms. The van der Waals surface area contributed by atoms with Crippen LogP contribution in [0.2, 0.25) is 0 Å². The molecule has 2 N–H and O–H groups in total. The maximum absolute atomic E-state index is 12.5. The molecule has 9 nitrogen and oxygen atoms in total. The minimum absolute atomic E-state index is 0.0591. The Labute approximate surface area is 229 Å². The molecule has 1 aliphatic heterocycles. The van der Waals surface area contributed by atoms with Crippen molar-refractivity contribution in [3.05, 3.63) is 48.2 Å². The Balaban J connectivity index is 1.20. The Morgan fingerprint density at radius 2 is 1.77 bits per heavy atom. The van der Waals surface area contributed by atoms with Gasteiger partial charge in [-0.2, -0.15) is 0 Å². The molecule has 3 aromatic rings. The molecular formula is C30H38N6O3. The molecule has 1 saturated carbocycles. The van der Waals surface area contributed by atoms with E-state index in [2.05, 4.69) is 32.7 Å². The van der Waals surface area contributed by atoms with Crippen molar-refractivity contribution in [1.82, 2.24) is 20.2 Å². The predicted molar refractivity (Wildman–Crippen MR) is 154 cm³/mol. The van der Waals surface area contributed by atoms with Crippen LogP contribution in [-0.4, -0.2) is 66.5 Å². The van der Waals surface area contributed by atoms with E-state index in [1.54, 1.807) is 7.11 Å². The summed E-state index contributed by atoms with van der Waals surface area (Å²) in [6, 6.07) is 12.4. The predicted octanol–water partition coefficient (Wildman–Crippen LogP) is 4.60. The van der Waals surface area contributed by atoms with E-state index >= 15 is 0 Å². The van der Waals surface area contributed by atoms with Gasteiger partial charge in [0.25, 0.3) is 0 Å². The Kier molecular flexibility index (Phi) is 8.44. The molecule has 2 aliphatic rings. The van der Waals surface area contributed by atoms with Crippen molar-refractivity contribution < 1.29 is 14.3 Å². The van der Waals surface area contributed by atoms with Crippen molar-refractivity contribution in [1.29, 1.82) is 0 Å². The highest BCUT2D eigenvalue weighted by Gasteiger charge is 2.24. The number of carbonyl (C=O) groups is 2. The van der Waals surface area contributed by atoms with Crippen LogP contribution in [0.4, 0.5) is 17.3 Å². The Morgan fingerprint density at radius 3 is 2.46 bits per heavy atom. The number of piperazine rings is 1. The number of methoxy groups -OCH3 is 1. The molecule has 39 heavy (non-hydrogen) atoms. The van der Waals surface area contributed by atoms with Gasteiger partial charge in [0.1, 0.15) is 5.75 Å². The van der Waals surface area contributed by atoms with E-state index in [0.29, 0.717) is 44.3 Å². The second kappa shape index (κ2) is 12.3. The molecule has 2 heterocycles. The highest BCUT2D eigenvalue weighted by Crippen LogP contribution is 2.42. The number of anilines is 3. The van der Waals surface area contributed by atoms with Gasteiger partial charge in [0.15, 0.2) is 0 Å². The van der Waals surface area contributed by atoms with Crippen LogP contribution in [0.25, 0.3) is 10.9 Å². The van der Waals surface area contributed by atoms with Gasteiger partial charge in [-0.15, -0.1) is 0 Å². The van der Waals surface area contributed by atoms with Gasteiger partial charge in [0.2, 0.25) is 17.8 Å². The van der Waals surface area contributed by atoms with Crippen LogP contribution in [0, 0.1) is 0 Å². The van der Waals surface area contributed by atoms with Crippen LogP contribution < -0.4 is 20.3 Å². The number of benzene rings is 2. The monoisotopic (exact) mass is 530 g/mol. The highest BCUT2D eigenvalue weighted by atomic mass is 16.5. The molecular weight excluding hydrogens is 492 g/mol. The number of nitrogens with zero attached hydrogens (tertiary/aromatic N) is 4. The van der Waals surface area contributed by atoms with Crippen molar-refractivity contribution >= 4 is 40.0 Å². The van der Waals surface area contributed by atoms with Crippen LogP contribution >= 0.6 is 0 Å². The summed E-state index contributed by atoms with van der Waals surface area (Å²) < 4.78 is 5.72. The molecule has 2 fully saturated rings. The average molecular weight is 531 g/mol. The molecule has 1 aromatic heterocycles. The zero-order chi connectivity index (χ0) is 27.2. The van der Waals surface area contributed by atoms with Gasteiger partial charge in [-0.1, -0.05) is 12.8 Å². The summed E-state index contributed by atoms with van der Waals surface area (Å²) in [6.07, 6.45) is 7.86. The van der Waals surface area contributed by atoms with Crippen LogP contribution in [0.5, 0.6) is 5.75 Å². The molecule has 0 bridgehead atoms. The maximum atomic E-state index is 12.5. The first kappa shape index (κ1) is 26.7. The summed E-state index contributed by atoms with van der Waals surface area (Å²) in [5.74, 6) is 2.06. The van der Waals surface area contributed by atoms with E-state index < -0.39 is 0 Å². The number of hydrogen-bond acceptors (Lipinski definition) is 7. The van der Waals surface area contributed by atoms with Crippen LogP contribution in [0.1, 0.15) is 56.9 Å². The minimum Gasteiger partial charge on any atom is -0.496 e. The number of nitrogens with one attached hydrogen (secondary N) is 2. The van der Waals surface area contributed by atoms with Gasteiger partial charge in [-0.25, -0.2) is 9.97 Å². The lowest BCUT2D eigenvalue weighted by molar-refractivity contribution is -0.131. The Hall–Kier alpha value is -3.88. The molecule has 9 heteroatoms. The molecule has 0 radical (unpaired) electrons. The van der Waals surface area contributed by atoms with Crippen LogP contribution in [0.3, 0.4) is 0 Å². The number of ether oxygens (including phenoxy) is 1. The SMILES string of the molecule is COc1ccc2cnc(Nc3ccc(N4CCN(C(=O)CCCNC(C)=O)CC4)cc3)nc2c1C1CCCC1. The summed E-state index contributed by atoms with van der Waals surface area (Å²) >= 11 is 0. The molecule has 0 unspecified atom stereocenters. The first-order valence-electron chi connectivity index (χ1n) is 14.0. The van der Waals surface area contributed by atoms with E-state index in [9.17, 15) is 9.59 Å². The van der Waals surface area contributed by atoms with Crippen molar-refractivity contribution in [2.75, 3.05) is 50.1 Å². The van der Waals surface area contributed by atoms with E-state index in [0.717, 1.165) is 41.1 Å². The third kappa shape index (κ3) is 6.41. The molecule has 0 atom stereocenters. The van der Waals surface area contributed by atoms with Crippen molar-refractivity contribution in [3.8, 4) is 5.75 Å². The van der Waals surface area contributed by atoms with Gasteiger partial charge in [-0.3, -0.25) is 9.59 Å². The van der Waals surface area contributed by atoms with E-state index in [1.165, 1.54) is 38.2 Å². The first-order chi connectivity index (χ1) is 19.0. The lowest BCUT2D eigenvalue weighted by Crippen LogP contribution is -2.48. The number of carbonyl (C=O) groups excluding carboxylic acids is 2. The fraction of sp³-hybridized carbons (Fsp3) is 0.467. The quantitative estimate of drug-likeness (QED) is 0.390. The fourth-order valence-electron chi connectivity index (χ4n) is 5.71. The number of amides is 2. The second-order valence-electron chi connectivity index (χ2n) is 10.4. The Morgan fingerprint density at radius 1 is 1.03 bits per heavy atom. The molecule has 206 valence electrons. The standard InChI is InChI=1S/C30H38N6O3/c1-21(37)31-15-5-8-27(38)36-18-16-35(17-19-36)25-12-10-24(11-13-25)33-30-32-20-23-9-14-26(39-2)28(29(23)34-30)22-6-3-4-7-22/h9-14,20,22H,3-8,15-19H2,1-2H3,(H,31,37)(H,32,33,34). The van der Waals surface area contributed by atoms with Gasteiger partial charge < -0.3 is 25.2 Å². The summed E-state index contributed by atoms with van der Waals surface area (Å²) in [7, 11) is 1.73. The molecule has 1 saturated heterocycles. The smallest absolute Gasteiger partial charge is 0.227 e. The molecule has 2 amide bonds. The van der Waals surface area contributed by atoms with E-state index in [1.807, 2.05) is 35.4 Å². The minimum atomic E-state index is -0.0591. The third-order valence-electron chi connectivity index (χ3n) is 7.80.